The van der Waals surface area contributed by atoms with Crippen LogP contribution in [0.15, 0.2) is 4.99 Å². The predicted octanol–water partition coefficient (Wildman–Crippen LogP) is 0.926. The molecule has 0 aromatic carbocycles. The Hall–Kier alpha value is -1.38. The molecule has 0 aromatic rings. The Morgan fingerprint density at radius 3 is 2.59 bits per heavy atom. The summed E-state index contributed by atoms with van der Waals surface area (Å²) in [5.74, 6) is 1.33. The smallest absolute Gasteiger partial charge is 0.243 e. The van der Waals surface area contributed by atoms with Crippen molar-refractivity contribution in [1.82, 2.24) is 20.4 Å². The summed E-state index contributed by atoms with van der Waals surface area (Å²) in [5.41, 5.74) is 0. The molecule has 29 heavy (non-hydrogen) atoms. The number of rotatable bonds is 9. The largest absolute Gasteiger partial charge is 0.379 e. The summed E-state index contributed by atoms with van der Waals surface area (Å²) in [5, 5.41) is 6.99. The summed E-state index contributed by atoms with van der Waals surface area (Å²) in [7, 11) is 3.52. The molecule has 0 aromatic heterocycles. The number of morpholine rings is 1. The van der Waals surface area contributed by atoms with Crippen molar-refractivity contribution >= 4 is 11.9 Å². The minimum absolute atomic E-state index is 0.00108. The molecule has 0 radical (unpaired) electrons. The number of aliphatic imine (C=N–C) groups is 1. The molecule has 0 spiro atoms. The highest BCUT2D eigenvalue weighted by atomic mass is 16.5. The minimum atomic E-state index is 0.00108. The van der Waals surface area contributed by atoms with Crippen molar-refractivity contribution < 1.29 is 14.3 Å². The van der Waals surface area contributed by atoms with E-state index in [1.165, 1.54) is 0 Å². The van der Waals surface area contributed by atoms with Crippen LogP contribution in [-0.4, -0.2) is 100 Å². The van der Waals surface area contributed by atoms with Gasteiger partial charge in [-0.15, -0.1) is 0 Å². The van der Waals surface area contributed by atoms with Gasteiger partial charge in [0.1, 0.15) is 6.54 Å². The number of likely N-dealkylation sites (N-methyl/N-ethyl adjacent to an activating group) is 1. The van der Waals surface area contributed by atoms with Gasteiger partial charge in [-0.05, 0) is 18.8 Å². The van der Waals surface area contributed by atoms with E-state index >= 15 is 0 Å². The third-order valence-electron chi connectivity index (χ3n) is 5.93. The van der Waals surface area contributed by atoms with Crippen molar-refractivity contribution in [3.8, 4) is 0 Å². The highest BCUT2D eigenvalue weighted by Crippen LogP contribution is 2.25. The van der Waals surface area contributed by atoms with Gasteiger partial charge in [-0.25, -0.2) is 4.99 Å². The first-order chi connectivity index (χ1) is 14.0. The maximum Gasteiger partial charge on any atom is 0.243 e. The summed E-state index contributed by atoms with van der Waals surface area (Å²) < 4.78 is 11.5. The van der Waals surface area contributed by atoms with Gasteiger partial charge in [0.25, 0.3) is 0 Å². The molecule has 2 N–H and O–H groups in total. The molecular formula is C21H41N5O3. The van der Waals surface area contributed by atoms with E-state index in [1.54, 1.807) is 19.0 Å². The number of nitrogens with zero attached hydrogens (tertiary/aromatic N) is 3. The second-order valence-electron chi connectivity index (χ2n) is 8.19. The quantitative estimate of drug-likeness (QED) is 0.434. The van der Waals surface area contributed by atoms with Crippen LogP contribution in [0.3, 0.4) is 0 Å². The number of carbonyl (C=O) groups excluding carboxylic acids is 1. The van der Waals surface area contributed by atoms with Crippen LogP contribution in [0.2, 0.25) is 0 Å². The van der Waals surface area contributed by atoms with Crippen LogP contribution in [0.25, 0.3) is 0 Å². The summed E-state index contributed by atoms with van der Waals surface area (Å²) in [4.78, 5) is 20.5. The molecule has 2 atom stereocenters. The number of carbonyl (C=O) groups is 1. The topological polar surface area (TPSA) is 78.4 Å². The van der Waals surface area contributed by atoms with Crippen LogP contribution in [0.4, 0.5) is 0 Å². The van der Waals surface area contributed by atoms with E-state index in [2.05, 4.69) is 34.4 Å². The molecular weight excluding hydrogens is 370 g/mol. The number of ether oxygens (including phenoxy) is 2. The van der Waals surface area contributed by atoms with Gasteiger partial charge in [0, 0.05) is 52.9 Å². The van der Waals surface area contributed by atoms with Gasteiger partial charge >= 0.3 is 0 Å². The van der Waals surface area contributed by atoms with Crippen LogP contribution in [-0.2, 0) is 14.3 Å². The summed E-state index contributed by atoms with van der Waals surface area (Å²) in [6.07, 6.45) is 4.53. The summed E-state index contributed by atoms with van der Waals surface area (Å²) in [6, 6.07) is 0.318. The monoisotopic (exact) mass is 411 g/mol. The standard InChI is InChI=1S/C21H41N5O3/c1-5-17(6-2)19-15-18(7-12-29-19)24-21(23-16-20(27)25(3)4)22-8-9-26-10-13-28-14-11-26/h17-19H,5-16H2,1-4H3,(H2,22,23,24). The van der Waals surface area contributed by atoms with Crippen molar-refractivity contribution in [2.45, 2.75) is 51.7 Å². The molecule has 2 fully saturated rings. The third-order valence-corrected chi connectivity index (χ3v) is 5.93. The molecule has 2 aliphatic heterocycles. The molecule has 0 bridgehead atoms. The van der Waals surface area contributed by atoms with Crippen LogP contribution < -0.4 is 10.6 Å². The molecule has 8 nitrogen and oxygen atoms in total. The Labute approximate surface area is 176 Å². The Balaban J connectivity index is 1.90. The zero-order valence-corrected chi connectivity index (χ0v) is 18.8. The molecule has 2 aliphatic rings. The normalized spacial score (nSPS) is 23.8. The van der Waals surface area contributed by atoms with E-state index < -0.39 is 0 Å². The van der Waals surface area contributed by atoms with Gasteiger partial charge in [0.15, 0.2) is 5.96 Å². The van der Waals surface area contributed by atoms with Crippen LogP contribution in [0.5, 0.6) is 0 Å². The molecule has 0 aliphatic carbocycles. The lowest BCUT2D eigenvalue weighted by molar-refractivity contribution is -0.127. The number of amides is 1. The van der Waals surface area contributed by atoms with Crippen molar-refractivity contribution in [2.75, 3.05) is 66.6 Å². The fourth-order valence-corrected chi connectivity index (χ4v) is 3.89. The van der Waals surface area contributed by atoms with Crippen LogP contribution >= 0.6 is 0 Å². The minimum Gasteiger partial charge on any atom is -0.379 e. The van der Waals surface area contributed by atoms with E-state index in [-0.39, 0.29) is 12.5 Å². The molecule has 2 saturated heterocycles. The van der Waals surface area contributed by atoms with Crippen LogP contribution in [0, 0.1) is 5.92 Å². The van der Waals surface area contributed by atoms with Gasteiger partial charge in [-0.3, -0.25) is 9.69 Å². The second-order valence-corrected chi connectivity index (χ2v) is 8.19. The first-order valence-corrected chi connectivity index (χ1v) is 11.2. The van der Waals surface area contributed by atoms with Crippen LogP contribution in [0.1, 0.15) is 39.5 Å². The SMILES string of the molecule is CCC(CC)C1CC(NC(=NCC(=O)N(C)C)NCCN2CCOCC2)CCO1. The lowest BCUT2D eigenvalue weighted by Gasteiger charge is -2.35. The molecule has 1 amide bonds. The molecule has 0 saturated carbocycles. The lowest BCUT2D eigenvalue weighted by atomic mass is 9.89. The number of nitrogens with one attached hydrogen (secondary N) is 2. The van der Waals surface area contributed by atoms with E-state index in [0.29, 0.717) is 18.1 Å². The van der Waals surface area contributed by atoms with Crippen molar-refractivity contribution in [3.05, 3.63) is 0 Å². The molecule has 8 heteroatoms. The average molecular weight is 412 g/mol. The van der Waals surface area contributed by atoms with Gasteiger partial charge in [-0.2, -0.15) is 0 Å². The number of guanidine groups is 1. The zero-order chi connectivity index (χ0) is 21.1. The molecule has 2 heterocycles. The Morgan fingerprint density at radius 1 is 1.21 bits per heavy atom. The van der Waals surface area contributed by atoms with Crippen molar-refractivity contribution in [3.63, 3.8) is 0 Å². The first-order valence-electron chi connectivity index (χ1n) is 11.2. The maximum atomic E-state index is 12.0. The lowest BCUT2D eigenvalue weighted by Crippen LogP contribution is -2.50. The zero-order valence-electron chi connectivity index (χ0n) is 18.8. The first kappa shape index (κ1) is 23.9. The number of hydrogen-bond acceptors (Lipinski definition) is 5. The van der Waals surface area contributed by atoms with Crippen molar-refractivity contribution in [1.29, 1.82) is 0 Å². The van der Waals surface area contributed by atoms with Crippen molar-refractivity contribution in [2.24, 2.45) is 10.9 Å². The highest BCUT2D eigenvalue weighted by molar-refractivity contribution is 5.84. The van der Waals surface area contributed by atoms with Gasteiger partial charge in [-0.1, -0.05) is 26.7 Å². The predicted molar refractivity (Wildman–Crippen MR) is 116 cm³/mol. The molecule has 2 rings (SSSR count). The Kier molecular flexibility index (Phi) is 10.7. The summed E-state index contributed by atoms with van der Waals surface area (Å²) in [6.45, 7) is 10.7. The number of hydrogen-bond donors (Lipinski definition) is 2. The molecule has 2 unspecified atom stereocenters. The fraction of sp³-hybridized carbons (Fsp3) is 0.905. The Morgan fingerprint density at radius 2 is 1.93 bits per heavy atom. The Bertz CT molecular complexity index is 505. The van der Waals surface area contributed by atoms with E-state index in [1.807, 2.05) is 0 Å². The summed E-state index contributed by atoms with van der Waals surface area (Å²) >= 11 is 0. The highest BCUT2D eigenvalue weighted by Gasteiger charge is 2.28. The van der Waals surface area contributed by atoms with Gasteiger partial charge in [0.2, 0.25) is 5.91 Å². The van der Waals surface area contributed by atoms with Gasteiger partial charge in [0.05, 0.1) is 19.3 Å². The van der Waals surface area contributed by atoms with Gasteiger partial charge < -0.3 is 25.0 Å². The van der Waals surface area contributed by atoms with E-state index in [0.717, 1.165) is 77.6 Å². The maximum absolute atomic E-state index is 12.0. The third kappa shape index (κ3) is 8.48. The second kappa shape index (κ2) is 13.0. The van der Waals surface area contributed by atoms with E-state index in [9.17, 15) is 4.79 Å². The molecule has 168 valence electrons. The average Bonchev–Trinajstić information content (AvgIpc) is 2.73. The van der Waals surface area contributed by atoms with E-state index in [4.69, 9.17) is 9.47 Å². The fourth-order valence-electron chi connectivity index (χ4n) is 3.89.